The Balaban J connectivity index is 1.61. The van der Waals surface area contributed by atoms with Crippen molar-refractivity contribution in [3.8, 4) is 0 Å². The van der Waals surface area contributed by atoms with Crippen LogP contribution in [0.25, 0.3) is 0 Å². The average molecular weight is 307 g/mol. The molecule has 4 heteroatoms. The molecule has 2 aromatic rings. The topological polar surface area (TPSA) is 50.3 Å². The summed E-state index contributed by atoms with van der Waals surface area (Å²) in [5.74, 6) is 0.0723. The Kier molecular flexibility index (Phi) is 4.51. The molecule has 0 spiro atoms. The van der Waals surface area contributed by atoms with E-state index >= 15 is 0 Å². The first-order chi connectivity index (χ1) is 11.1. The predicted octanol–water partition coefficient (Wildman–Crippen LogP) is 2.93. The van der Waals surface area contributed by atoms with Crippen LogP contribution in [0.4, 0.5) is 0 Å². The summed E-state index contributed by atoms with van der Waals surface area (Å²) < 4.78 is 0. The van der Waals surface area contributed by atoms with Gasteiger partial charge in [0.2, 0.25) is 0 Å². The second-order valence-electron chi connectivity index (χ2n) is 5.94. The lowest BCUT2D eigenvalue weighted by Gasteiger charge is -2.31. The van der Waals surface area contributed by atoms with Crippen LogP contribution in [0.3, 0.4) is 0 Å². The molecule has 1 fully saturated rings. The highest BCUT2D eigenvalue weighted by atomic mass is 16.2. The third kappa shape index (κ3) is 3.47. The minimum absolute atomic E-state index is 0.0263. The molecular weight excluding hydrogens is 288 g/mol. The van der Waals surface area contributed by atoms with E-state index in [9.17, 15) is 9.59 Å². The van der Waals surface area contributed by atoms with Gasteiger partial charge in [0.25, 0.3) is 5.91 Å². The largest absolute Gasteiger partial charge is 0.339 e. The lowest BCUT2D eigenvalue weighted by molar-refractivity contribution is 0.0649. The normalized spacial score (nSPS) is 15.4. The van der Waals surface area contributed by atoms with Crippen LogP contribution in [0, 0.1) is 18.9 Å². The molecule has 3 rings (SSSR count). The first-order valence-electron chi connectivity index (χ1n) is 7.87. The summed E-state index contributed by atoms with van der Waals surface area (Å²) in [4.78, 5) is 30.9. The number of ketones is 1. The number of aryl methyl sites for hydroxylation is 1. The number of amides is 1. The summed E-state index contributed by atoms with van der Waals surface area (Å²) >= 11 is 0. The number of aromatic nitrogens is 1. The molecular formula is C19H19N2O2. The van der Waals surface area contributed by atoms with Gasteiger partial charge in [0.1, 0.15) is 5.69 Å². The van der Waals surface area contributed by atoms with E-state index in [1.807, 2.05) is 17.9 Å². The van der Waals surface area contributed by atoms with E-state index in [2.05, 4.69) is 11.1 Å². The Morgan fingerprint density at radius 1 is 1.13 bits per heavy atom. The van der Waals surface area contributed by atoms with Crippen molar-refractivity contribution < 1.29 is 9.59 Å². The Morgan fingerprint density at radius 2 is 1.83 bits per heavy atom. The monoisotopic (exact) mass is 307 g/mol. The fourth-order valence-electron chi connectivity index (χ4n) is 2.88. The smallest absolute Gasteiger partial charge is 0.253 e. The third-order valence-electron chi connectivity index (χ3n) is 4.28. The van der Waals surface area contributed by atoms with E-state index in [0.717, 1.165) is 5.56 Å². The summed E-state index contributed by atoms with van der Waals surface area (Å²) in [6.45, 7) is 3.17. The van der Waals surface area contributed by atoms with Crippen LogP contribution in [-0.2, 0) is 0 Å². The van der Waals surface area contributed by atoms with Crippen LogP contribution in [0.15, 0.2) is 42.6 Å². The molecule has 0 aliphatic carbocycles. The number of hydrogen-bond acceptors (Lipinski definition) is 3. The van der Waals surface area contributed by atoms with Crippen LogP contribution in [0.1, 0.15) is 39.3 Å². The fraction of sp³-hybridized carbons (Fsp3) is 0.316. The molecule has 1 aliphatic rings. The molecule has 117 valence electrons. The lowest BCUT2D eigenvalue weighted by Crippen LogP contribution is -2.40. The molecule has 1 aromatic carbocycles. The van der Waals surface area contributed by atoms with Gasteiger partial charge in [-0.25, -0.2) is 0 Å². The second kappa shape index (κ2) is 6.73. The molecule has 0 atom stereocenters. The number of Topliss-reactive ketones (excluding diaryl/α,β-unsaturated/α-hetero) is 1. The molecule has 0 bridgehead atoms. The van der Waals surface area contributed by atoms with E-state index in [1.54, 1.807) is 36.5 Å². The van der Waals surface area contributed by atoms with Crippen molar-refractivity contribution >= 4 is 11.7 Å². The quantitative estimate of drug-likeness (QED) is 0.819. The minimum Gasteiger partial charge on any atom is -0.339 e. The van der Waals surface area contributed by atoms with Crippen molar-refractivity contribution in [2.45, 2.75) is 19.8 Å². The Morgan fingerprint density at radius 3 is 2.43 bits per heavy atom. The molecule has 0 saturated carbocycles. The van der Waals surface area contributed by atoms with Crippen LogP contribution in [0.5, 0.6) is 0 Å². The predicted molar refractivity (Wildman–Crippen MR) is 87.2 cm³/mol. The number of nitrogens with zero attached hydrogens (tertiary/aromatic N) is 2. The van der Waals surface area contributed by atoms with Gasteiger partial charge in [-0.05, 0) is 49.6 Å². The zero-order chi connectivity index (χ0) is 16.2. The van der Waals surface area contributed by atoms with Crippen LogP contribution in [-0.4, -0.2) is 34.7 Å². The Bertz CT molecular complexity index is 687. The SMILES string of the molecule is Cc1ccc(C(=O)C2CCN(C(=O)c3cc[c]cc3)CC2)nc1. The van der Waals surface area contributed by atoms with Crippen LogP contribution >= 0.6 is 0 Å². The third-order valence-corrected chi connectivity index (χ3v) is 4.28. The molecule has 0 N–H and O–H groups in total. The van der Waals surface area contributed by atoms with Crippen molar-refractivity contribution in [1.82, 2.24) is 9.88 Å². The van der Waals surface area contributed by atoms with Crippen molar-refractivity contribution in [1.29, 1.82) is 0 Å². The zero-order valence-corrected chi connectivity index (χ0v) is 13.2. The van der Waals surface area contributed by atoms with E-state index in [4.69, 9.17) is 0 Å². The van der Waals surface area contributed by atoms with Gasteiger partial charge in [0.15, 0.2) is 5.78 Å². The number of hydrogen-bond donors (Lipinski definition) is 0. The molecule has 1 radical (unpaired) electrons. The first-order valence-corrected chi connectivity index (χ1v) is 7.87. The summed E-state index contributed by atoms with van der Waals surface area (Å²) in [6.07, 6.45) is 3.11. The van der Waals surface area contributed by atoms with Gasteiger partial charge in [0, 0.05) is 30.8 Å². The highest BCUT2D eigenvalue weighted by Crippen LogP contribution is 2.22. The molecule has 4 nitrogen and oxygen atoms in total. The number of likely N-dealkylation sites (tertiary alicyclic amines) is 1. The van der Waals surface area contributed by atoms with E-state index in [1.165, 1.54) is 0 Å². The molecule has 23 heavy (non-hydrogen) atoms. The maximum absolute atomic E-state index is 12.5. The highest BCUT2D eigenvalue weighted by Gasteiger charge is 2.28. The van der Waals surface area contributed by atoms with Crippen molar-refractivity contribution in [2.24, 2.45) is 5.92 Å². The molecule has 1 amide bonds. The molecule has 1 saturated heterocycles. The maximum Gasteiger partial charge on any atom is 0.253 e. The van der Waals surface area contributed by atoms with Gasteiger partial charge in [-0.2, -0.15) is 0 Å². The van der Waals surface area contributed by atoms with Gasteiger partial charge in [-0.1, -0.05) is 18.2 Å². The highest BCUT2D eigenvalue weighted by molar-refractivity contribution is 5.97. The molecule has 2 heterocycles. The summed E-state index contributed by atoms with van der Waals surface area (Å²) in [5, 5.41) is 0. The number of carbonyl (C=O) groups excluding carboxylic acids is 2. The van der Waals surface area contributed by atoms with E-state index < -0.39 is 0 Å². The van der Waals surface area contributed by atoms with Crippen molar-refractivity contribution in [3.63, 3.8) is 0 Å². The van der Waals surface area contributed by atoms with Gasteiger partial charge < -0.3 is 4.90 Å². The summed E-state index contributed by atoms with van der Waals surface area (Å²) in [6, 6.07) is 13.6. The zero-order valence-electron chi connectivity index (χ0n) is 13.2. The van der Waals surface area contributed by atoms with Crippen molar-refractivity contribution in [2.75, 3.05) is 13.1 Å². The number of rotatable bonds is 3. The van der Waals surface area contributed by atoms with Crippen molar-refractivity contribution in [3.05, 3.63) is 65.5 Å². The van der Waals surface area contributed by atoms with Gasteiger partial charge >= 0.3 is 0 Å². The molecule has 1 aliphatic heterocycles. The number of piperidine rings is 1. The van der Waals surface area contributed by atoms with Crippen LogP contribution < -0.4 is 0 Å². The van der Waals surface area contributed by atoms with E-state index in [0.29, 0.717) is 37.2 Å². The summed E-state index contributed by atoms with van der Waals surface area (Å²) in [7, 11) is 0. The minimum atomic E-state index is -0.0432. The Labute approximate surface area is 136 Å². The maximum atomic E-state index is 12.5. The van der Waals surface area contributed by atoms with Gasteiger partial charge in [-0.3, -0.25) is 14.6 Å². The molecule has 1 aromatic heterocycles. The number of pyridine rings is 1. The lowest BCUT2D eigenvalue weighted by atomic mass is 9.90. The summed E-state index contributed by atoms with van der Waals surface area (Å²) in [5.41, 5.74) is 2.25. The van der Waals surface area contributed by atoms with E-state index in [-0.39, 0.29) is 17.6 Å². The number of benzene rings is 1. The average Bonchev–Trinajstić information content (AvgIpc) is 2.62. The number of carbonyl (C=O) groups is 2. The first kappa shape index (κ1) is 15.4. The van der Waals surface area contributed by atoms with Gasteiger partial charge in [-0.15, -0.1) is 0 Å². The van der Waals surface area contributed by atoms with Crippen LogP contribution in [0.2, 0.25) is 0 Å². The molecule has 0 unspecified atom stereocenters. The fourth-order valence-corrected chi connectivity index (χ4v) is 2.88. The van der Waals surface area contributed by atoms with Gasteiger partial charge in [0.05, 0.1) is 0 Å². The second-order valence-corrected chi connectivity index (χ2v) is 5.94. The standard InChI is InChI=1S/C19H19N2O2/c1-14-7-8-17(20-13-14)18(22)15-9-11-21(12-10-15)19(23)16-5-3-2-4-6-16/h3-8,13,15H,9-12H2,1H3. The Hall–Kier alpha value is -2.49.